The molecule has 12 heavy (non-hydrogen) atoms. The molecule has 0 aliphatic carbocycles. The molecule has 0 bridgehead atoms. The normalized spacial score (nSPS) is 11.6. The first kappa shape index (κ1) is 9.55. The van der Waals surface area contributed by atoms with Crippen LogP contribution in [0.1, 0.15) is 11.1 Å². The van der Waals surface area contributed by atoms with Gasteiger partial charge in [0.1, 0.15) is 0 Å². The molecule has 0 amide bonds. The fourth-order valence-corrected chi connectivity index (χ4v) is 2.14. The summed E-state index contributed by atoms with van der Waals surface area (Å²) in [5.74, 6) is 0. The van der Waals surface area contributed by atoms with Crippen molar-refractivity contribution in [1.82, 2.24) is 0 Å². The van der Waals surface area contributed by atoms with E-state index in [0.29, 0.717) is 5.56 Å². The van der Waals surface area contributed by atoms with Gasteiger partial charge in [-0.05, 0) is 37.1 Å². The van der Waals surface area contributed by atoms with Gasteiger partial charge in [0.25, 0.3) is 9.05 Å². The summed E-state index contributed by atoms with van der Waals surface area (Å²) >= 11 is 0. The molecular weight excluding hydrogens is 196 g/mol. The Kier molecular flexibility index (Phi) is 2.44. The summed E-state index contributed by atoms with van der Waals surface area (Å²) in [7, 11) is 1.56. The highest BCUT2D eigenvalue weighted by Gasteiger charge is 2.12. The summed E-state index contributed by atoms with van der Waals surface area (Å²) in [6.07, 6.45) is 0. The quantitative estimate of drug-likeness (QED) is 0.655. The van der Waals surface area contributed by atoms with E-state index in [9.17, 15) is 8.42 Å². The third-order valence-corrected chi connectivity index (χ3v) is 2.97. The Morgan fingerprint density at radius 3 is 2.33 bits per heavy atom. The third kappa shape index (κ3) is 1.99. The lowest BCUT2D eigenvalue weighted by molar-refractivity contribution is 0.609. The van der Waals surface area contributed by atoms with Gasteiger partial charge < -0.3 is 0 Å². The van der Waals surface area contributed by atoms with Crippen LogP contribution in [-0.2, 0) is 9.05 Å². The van der Waals surface area contributed by atoms with Crippen molar-refractivity contribution in [3.63, 3.8) is 0 Å². The number of benzene rings is 1. The smallest absolute Gasteiger partial charge is 0.207 e. The number of hydrogen-bond acceptors (Lipinski definition) is 2. The van der Waals surface area contributed by atoms with Gasteiger partial charge in [0.05, 0.1) is 4.90 Å². The topological polar surface area (TPSA) is 34.1 Å². The van der Waals surface area contributed by atoms with Crippen molar-refractivity contribution in [3.05, 3.63) is 29.3 Å². The SMILES string of the molecule is Cc1[c]c(C)c(S(=O)(=O)Cl)cc1. The van der Waals surface area contributed by atoms with Crippen molar-refractivity contribution in [3.8, 4) is 0 Å². The van der Waals surface area contributed by atoms with Crippen molar-refractivity contribution in [2.24, 2.45) is 0 Å². The van der Waals surface area contributed by atoms with Gasteiger partial charge in [-0.2, -0.15) is 0 Å². The minimum atomic E-state index is -3.61. The summed E-state index contributed by atoms with van der Waals surface area (Å²) in [6.45, 7) is 3.51. The molecule has 1 aromatic rings. The zero-order valence-electron chi connectivity index (χ0n) is 6.76. The van der Waals surface area contributed by atoms with Gasteiger partial charge in [-0.25, -0.2) is 8.42 Å². The third-order valence-electron chi connectivity index (χ3n) is 1.50. The molecule has 0 atom stereocenters. The van der Waals surface area contributed by atoms with E-state index in [4.69, 9.17) is 10.7 Å². The Hall–Kier alpha value is -0.540. The van der Waals surface area contributed by atoms with Gasteiger partial charge >= 0.3 is 0 Å². The molecule has 0 saturated carbocycles. The summed E-state index contributed by atoms with van der Waals surface area (Å²) in [4.78, 5) is 0.134. The number of hydrogen-bond donors (Lipinski definition) is 0. The molecule has 0 spiro atoms. The molecule has 0 N–H and O–H groups in total. The van der Waals surface area contributed by atoms with E-state index in [1.807, 2.05) is 6.92 Å². The lowest BCUT2D eigenvalue weighted by atomic mass is 10.2. The van der Waals surface area contributed by atoms with E-state index >= 15 is 0 Å². The number of aryl methyl sites for hydroxylation is 2. The molecule has 0 aliphatic heterocycles. The Bertz CT molecular complexity index is 396. The van der Waals surface area contributed by atoms with Crippen LogP contribution in [0.25, 0.3) is 0 Å². The molecular formula is C8H8ClO2S. The fraction of sp³-hybridized carbons (Fsp3) is 0.250. The van der Waals surface area contributed by atoms with Crippen LogP contribution >= 0.6 is 10.7 Å². The Morgan fingerprint density at radius 1 is 1.33 bits per heavy atom. The Labute approximate surface area is 76.6 Å². The average molecular weight is 204 g/mol. The first-order valence-corrected chi connectivity index (χ1v) is 5.66. The van der Waals surface area contributed by atoms with Crippen LogP contribution in [0.3, 0.4) is 0 Å². The molecule has 2 nitrogen and oxygen atoms in total. The summed E-state index contributed by atoms with van der Waals surface area (Å²) in [6, 6.07) is 6.04. The number of rotatable bonds is 1. The predicted molar refractivity (Wildman–Crippen MR) is 47.8 cm³/mol. The van der Waals surface area contributed by atoms with Crippen molar-refractivity contribution in [2.45, 2.75) is 18.7 Å². The molecule has 0 saturated heterocycles. The van der Waals surface area contributed by atoms with E-state index in [0.717, 1.165) is 5.56 Å². The van der Waals surface area contributed by atoms with Crippen molar-refractivity contribution >= 4 is 19.7 Å². The highest BCUT2D eigenvalue weighted by Crippen LogP contribution is 2.19. The van der Waals surface area contributed by atoms with Gasteiger partial charge in [0, 0.05) is 10.7 Å². The minimum Gasteiger partial charge on any atom is -0.207 e. The summed E-state index contributed by atoms with van der Waals surface area (Å²) < 4.78 is 21.8. The Balaban J connectivity index is 3.39. The second-order valence-electron chi connectivity index (χ2n) is 2.57. The first-order valence-electron chi connectivity index (χ1n) is 3.35. The van der Waals surface area contributed by atoms with Gasteiger partial charge in [-0.3, -0.25) is 0 Å². The molecule has 1 radical (unpaired) electrons. The van der Waals surface area contributed by atoms with Gasteiger partial charge in [0.15, 0.2) is 0 Å². The maximum absolute atomic E-state index is 10.9. The van der Waals surface area contributed by atoms with Crippen LogP contribution in [0, 0.1) is 19.9 Å². The highest BCUT2D eigenvalue weighted by atomic mass is 35.7. The molecule has 0 fully saturated rings. The van der Waals surface area contributed by atoms with Crippen molar-refractivity contribution in [2.75, 3.05) is 0 Å². The summed E-state index contributed by atoms with van der Waals surface area (Å²) in [5.41, 5.74) is 1.46. The van der Waals surface area contributed by atoms with Crippen molar-refractivity contribution in [1.29, 1.82) is 0 Å². The predicted octanol–water partition coefficient (Wildman–Crippen LogP) is 2.03. The molecule has 65 valence electrons. The largest absolute Gasteiger partial charge is 0.261 e. The van der Waals surface area contributed by atoms with Crippen molar-refractivity contribution < 1.29 is 8.42 Å². The first-order chi connectivity index (χ1) is 5.41. The van der Waals surface area contributed by atoms with Gasteiger partial charge in [-0.15, -0.1) is 0 Å². The van der Waals surface area contributed by atoms with E-state index in [2.05, 4.69) is 6.07 Å². The average Bonchev–Trinajstić information content (AvgIpc) is 1.83. The highest BCUT2D eigenvalue weighted by molar-refractivity contribution is 8.13. The molecule has 1 aromatic carbocycles. The van der Waals surface area contributed by atoms with Crippen LogP contribution in [-0.4, -0.2) is 8.42 Å². The lowest BCUT2D eigenvalue weighted by Crippen LogP contribution is -1.94. The van der Waals surface area contributed by atoms with E-state index in [1.54, 1.807) is 13.0 Å². The Morgan fingerprint density at radius 2 is 1.92 bits per heavy atom. The zero-order valence-corrected chi connectivity index (χ0v) is 8.33. The van der Waals surface area contributed by atoms with E-state index in [-0.39, 0.29) is 4.90 Å². The molecule has 0 aromatic heterocycles. The van der Waals surface area contributed by atoms with E-state index in [1.165, 1.54) is 6.07 Å². The maximum Gasteiger partial charge on any atom is 0.261 e. The van der Waals surface area contributed by atoms with Gasteiger partial charge in [0.2, 0.25) is 0 Å². The monoisotopic (exact) mass is 203 g/mol. The standard InChI is InChI=1S/C8H8ClO2S/c1-6-3-4-8(7(2)5-6)12(9,10)11/h3-4H,1-2H3. The molecule has 0 heterocycles. The molecule has 4 heteroatoms. The van der Waals surface area contributed by atoms with Crippen LogP contribution in [0.5, 0.6) is 0 Å². The van der Waals surface area contributed by atoms with Crippen LogP contribution in [0.4, 0.5) is 0 Å². The second kappa shape index (κ2) is 3.07. The molecule has 0 aliphatic rings. The summed E-state index contributed by atoms with van der Waals surface area (Å²) in [5, 5.41) is 0. The molecule has 0 unspecified atom stereocenters. The van der Waals surface area contributed by atoms with E-state index < -0.39 is 9.05 Å². The zero-order chi connectivity index (χ0) is 9.35. The van der Waals surface area contributed by atoms with Crippen LogP contribution in [0.2, 0.25) is 0 Å². The lowest BCUT2D eigenvalue weighted by Gasteiger charge is -2.00. The second-order valence-corrected chi connectivity index (χ2v) is 5.10. The fourth-order valence-electron chi connectivity index (χ4n) is 0.989. The van der Waals surface area contributed by atoms with Crippen LogP contribution in [0.15, 0.2) is 17.0 Å². The minimum absolute atomic E-state index is 0.134. The maximum atomic E-state index is 10.9. The van der Waals surface area contributed by atoms with Crippen LogP contribution < -0.4 is 0 Å². The van der Waals surface area contributed by atoms with Gasteiger partial charge in [-0.1, -0.05) is 6.07 Å². The number of halogens is 1. The molecule has 1 rings (SSSR count).